The van der Waals surface area contributed by atoms with Gasteiger partial charge in [-0.05, 0) is 30.5 Å². The van der Waals surface area contributed by atoms with Crippen LogP contribution in [-0.4, -0.2) is 11.5 Å². The predicted octanol–water partition coefficient (Wildman–Crippen LogP) is 3.75. The fraction of sp³-hybridized carbons (Fsp3) is 0.417. The number of hydrogen-bond donors (Lipinski definition) is 1. The lowest BCUT2D eigenvalue weighted by Gasteiger charge is -2.07. The van der Waals surface area contributed by atoms with Gasteiger partial charge in [0.15, 0.2) is 0 Å². The van der Waals surface area contributed by atoms with Crippen molar-refractivity contribution in [3.8, 4) is 0 Å². The zero-order valence-electron chi connectivity index (χ0n) is 9.16. The molecule has 1 aromatic carbocycles. The Kier molecular flexibility index (Phi) is 3.21. The van der Waals surface area contributed by atoms with E-state index in [1.807, 2.05) is 5.51 Å². The molecule has 3 heteroatoms. The molecule has 1 N–H and O–H groups in total. The van der Waals surface area contributed by atoms with E-state index in [0.29, 0.717) is 0 Å². The van der Waals surface area contributed by atoms with Gasteiger partial charge in [0.1, 0.15) is 0 Å². The first-order valence-electron chi connectivity index (χ1n) is 5.33. The van der Waals surface area contributed by atoms with Crippen LogP contribution in [0.1, 0.15) is 20.3 Å². The molecular formula is C12H16N2S. The number of hydrogen-bond acceptors (Lipinski definition) is 3. The molecule has 2 rings (SSSR count). The first-order chi connectivity index (χ1) is 7.25. The summed E-state index contributed by atoms with van der Waals surface area (Å²) in [6, 6.07) is 6.35. The molecule has 0 aliphatic carbocycles. The molecule has 0 atom stereocenters. The van der Waals surface area contributed by atoms with Gasteiger partial charge in [0.2, 0.25) is 0 Å². The monoisotopic (exact) mass is 220 g/mol. The van der Waals surface area contributed by atoms with E-state index in [9.17, 15) is 0 Å². The molecular weight excluding hydrogens is 204 g/mol. The standard InChI is InChI=1S/C12H16N2S/c1-9(2)5-6-13-10-3-4-11-12(7-10)15-8-14-11/h3-4,7-9,13H,5-6H2,1-2H3. The van der Waals surface area contributed by atoms with Crippen LogP contribution < -0.4 is 5.32 Å². The Labute approximate surface area is 94.3 Å². The third kappa shape index (κ3) is 2.69. The normalized spacial score (nSPS) is 11.1. The van der Waals surface area contributed by atoms with Crippen molar-refractivity contribution in [2.45, 2.75) is 20.3 Å². The number of rotatable bonds is 4. The SMILES string of the molecule is CC(C)CCNc1ccc2ncsc2c1. The van der Waals surface area contributed by atoms with E-state index >= 15 is 0 Å². The number of benzene rings is 1. The number of nitrogens with one attached hydrogen (secondary N) is 1. The Morgan fingerprint density at radius 3 is 3.07 bits per heavy atom. The second-order valence-corrected chi connectivity index (χ2v) is 5.03. The molecule has 0 fully saturated rings. The van der Waals surface area contributed by atoms with Gasteiger partial charge in [0.05, 0.1) is 15.7 Å². The summed E-state index contributed by atoms with van der Waals surface area (Å²) in [6.07, 6.45) is 1.21. The van der Waals surface area contributed by atoms with Crippen molar-refractivity contribution >= 4 is 27.2 Å². The van der Waals surface area contributed by atoms with Crippen LogP contribution in [0.2, 0.25) is 0 Å². The lowest BCUT2D eigenvalue weighted by atomic mass is 10.1. The van der Waals surface area contributed by atoms with Crippen LogP contribution in [0.3, 0.4) is 0 Å². The summed E-state index contributed by atoms with van der Waals surface area (Å²) in [5, 5.41) is 3.44. The second kappa shape index (κ2) is 4.62. The van der Waals surface area contributed by atoms with Crippen molar-refractivity contribution < 1.29 is 0 Å². The first-order valence-corrected chi connectivity index (χ1v) is 6.21. The summed E-state index contributed by atoms with van der Waals surface area (Å²) < 4.78 is 1.25. The van der Waals surface area contributed by atoms with Crippen LogP contribution in [0, 0.1) is 5.92 Å². The largest absolute Gasteiger partial charge is 0.385 e. The van der Waals surface area contributed by atoms with E-state index in [4.69, 9.17) is 0 Å². The third-order valence-electron chi connectivity index (χ3n) is 2.38. The highest BCUT2D eigenvalue weighted by Crippen LogP contribution is 2.21. The van der Waals surface area contributed by atoms with Gasteiger partial charge in [-0.2, -0.15) is 0 Å². The van der Waals surface area contributed by atoms with Crippen LogP contribution in [0.25, 0.3) is 10.2 Å². The first kappa shape index (κ1) is 10.4. The molecule has 1 heterocycles. The minimum absolute atomic E-state index is 0.754. The zero-order valence-corrected chi connectivity index (χ0v) is 9.97. The van der Waals surface area contributed by atoms with Crippen LogP contribution >= 0.6 is 11.3 Å². The highest BCUT2D eigenvalue weighted by Gasteiger charge is 1.98. The molecule has 0 saturated heterocycles. The maximum atomic E-state index is 4.26. The van der Waals surface area contributed by atoms with Gasteiger partial charge in [-0.1, -0.05) is 13.8 Å². The van der Waals surface area contributed by atoms with Gasteiger partial charge < -0.3 is 5.32 Å². The fourth-order valence-electron chi connectivity index (χ4n) is 1.47. The highest BCUT2D eigenvalue weighted by molar-refractivity contribution is 7.16. The minimum Gasteiger partial charge on any atom is -0.385 e. The molecule has 0 saturated carbocycles. The highest BCUT2D eigenvalue weighted by atomic mass is 32.1. The molecule has 0 radical (unpaired) electrons. The van der Waals surface area contributed by atoms with Crippen LogP contribution in [0.15, 0.2) is 23.7 Å². The molecule has 80 valence electrons. The molecule has 0 aliphatic heterocycles. The van der Waals surface area contributed by atoms with E-state index in [-0.39, 0.29) is 0 Å². The lowest BCUT2D eigenvalue weighted by Crippen LogP contribution is -2.04. The van der Waals surface area contributed by atoms with Crippen molar-refractivity contribution in [1.29, 1.82) is 0 Å². The van der Waals surface area contributed by atoms with Gasteiger partial charge in [-0.15, -0.1) is 11.3 Å². The summed E-state index contributed by atoms with van der Waals surface area (Å²) in [6.45, 7) is 5.53. The topological polar surface area (TPSA) is 24.9 Å². The Morgan fingerprint density at radius 1 is 1.40 bits per heavy atom. The average molecular weight is 220 g/mol. The molecule has 0 unspecified atom stereocenters. The van der Waals surface area contributed by atoms with Crippen molar-refractivity contribution in [3.05, 3.63) is 23.7 Å². The van der Waals surface area contributed by atoms with Crippen LogP contribution in [0.4, 0.5) is 5.69 Å². The number of anilines is 1. The average Bonchev–Trinajstić information content (AvgIpc) is 2.64. The molecule has 0 bridgehead atoms. The molecule has 0 spiro atoms. The van der Waals surface area contributed by atoms with E-state index in [2.05, 4.69) is 42.3 Å². The summed E-state index contributed by atoms with van der Waals surface area (Å²) in [5.41, 5.74) is 4.18. The molecule has 0 amide bonds. The number of thiazole rings is 1. The summed E-state index contributed by atoms with van der Waals surface area (Å²) in [5.74, 6) is 0.754. The van der Waals surface area contributed by atoms with Crippen molar-refractivity contribution in [3.63, 3.8) is 0 Å². The minimum atomic E-state index is 0.754. The van der Waals surface area contributed by atoms with E-state index in [1.165, 1.54) is 16.8 Å². The Morgan fingerprint density at radius 2 is 2.27 bits per heavy atom. The smallest absolute Gasteiger partial charge is 0.0813 e. The predicted molar refractivity (Wildman–Crippen MR) is 67.6 cm³/mol. The number of nitrogens with zero attached hydrogens (tertiary/aromatic N) is 1. The Hall–Kier alpha value is -1.09. The van der Waals surface area contributed by atoms with Crippen LogP contribution in [0.5, 0.6) is 0 Å². The number of fused-ring (bicyclic) bond motifs is 1. The maximum absolute atomic E-state index is 4.26. The third-order valence-corrected chi connectivity index (χ3v) is 3.17. The summed E-state index contributed by atoms with van der Waals surface area (Å²) >= 11 is 1.69. The fourth-order valence-corrected chi connectivity index (χ4v) is 2.19. The lowest BCUT2D eigenvalue weighted by molar-refractivity contribution is 0.607. The second-order valence-electron chi connectivity index (χ2n) is 4.14. The van der Waals surface area contributed by atoms with Gasteiger partial charge in [-0.3, -0.25) is 0 Å². The maximum Gasteiger partial charge on any atom is 0.0813 e. The van der Waals surface area contributed by atoms with Gasteiger partial charge in [-0.25, -0.2) is 4.98 Å². The zero-order chi connectivity index (χ0) is 10.7. The molecule has 2 aromatic rings. The van der Waals surface area contributed by atoms with Crippen LogP contribution in [-0.2, 0) is 0 Å². The van der Waals surface area contributed by atoms with Crippen molar-refractivity contribution in [2.75, 3.05) is 11.9 Å². The summed E-state index contributed by atoms with van der Waals surface area (Å²) in [4.78, 5) is 4.26. The van der Waals surface area contributed by atoms with Gasteiger partial charge in [0.25, 0.3) is 0 Å². The summed E-state index contributed by atoms with van der Waals surface area (Å²) in [7, 11) is 0. The van der Waals surface area contributed by atoms with Crippen molar-refractivity contribution in [1.82, 2.24) is 4.98 Å². The Balaban J connectivity index is 2.02. The van der Waals surface area contributed by atoms with E-state index < -0.39 is 0 Å². The quantitative estimate of drug-likeness (QED) is 0.848. The Bertz CT molecular complexity index is 434. The molecule has 2 nitrogen and oxygen atoms in total. The van der Waals surface area contributed by atoms with Gasteiger partial charge in [0, 0.05) is 12.2 Å². The number of aromatic nitrogens is 1. The van der Waals surface area contributed by atoms with Crippen molar-refractivity contribution in [2.24, 2.45) is 5.92 Å². The molecule has 15 heavy (non-hydrogen) atoms. The van der Waals surface area contributed by atoms with E-state index in [1.54, 1.807) is 11.3 Å². The molecule has 1 aromatic heterocycles. The van der Waals surface area contributed by atoms with Gasteiger partial charge >= 0.3 is 0 Å². The molecule has 0 aliphatic rings. The van der Waals surface area contributed by atoms with E-state index in [0.717, 1.165) is 18.0 Å².